The summed E-state index contributed by atoms with van der Waals surface area (Å²) in [6, 6.07) is 12.3. The molecule has 1 aromatic heterocycles. The number of anilines is 1. The van der Waals surface area contributed by atoms with Crippen LogP contribution in [0.15, 0.2) is 35.4 Å². The summed E-state index contributed by atoms with van der Waals surface area (Å²) < 4.78 is 10.7. The average Bonchev–Trinajstić information content (AvgIpc) is 2.92. The van der Waals surface area contributed by atoms with E-state index in [0.29, 0.717) is 17.5 Å². The Kier molecular flexibility index (Phi) is 12.2. The Labute approximate surface area is 251 Å². The van der Waals surface area contributed by atoms with Gasteiger partial charge in [0.25, 0.3) is 0 Å². The molecule has 0 saturated carbocycles. The predicted molar refractivity (Wildman–Crippen MR) is 160 cm³/mol. The predicted octanol–water partition coefficient (Wildman–Crippen LogP) is 4.23. The fraction of sp³-hybridized carbons (Fsp3) is 0.467. The molecule has 0 bridgehead atoms. The van der Waals surface area contributed by atoms with Crippen LogP contribution in [0.25, 0.3) is 0 Å². The lowest BCUT2D eigenvalue weighted by Gasteiger charge is -2.26. The molecular formula is C30H38N6O5S. The van der Waals surface area contributed by atoms with E-state index in [0.717, 1.165) is 11.8 Å². The molecule has 1 aromatic carbocycles. The summed E-state index contributed by atoms with van der Waals surface area (Å²) in [5.41, 5.74) is 6.57. The molecule has 12 heteroatoms. The van der Waals surface area contributed by atoms with Crippen molar-refractivity contribution in [2.24, 2.45) is 11.7 Å². The van der Waals surface area contributed by atoms with Gasteiger partial charge in [-0.3, -0.25) is 4.79 Å². The third-order valence-electron chi connectivity index (χ3n) is 6.04. The van der Waals surface area contributed by atoms with E-state index in [1.165, 1.54) is 0 Å². The first-order chi connectivity index (χ1) is 19.7. The number of hydrogen-bond acceptors (Lipinski definition) is 10. The van der Waals surface area contributed by atoms with Crippen LogP contribution in [0.3, 0.4) is 0 Å². The summed E-state index contributed by atoms with van der Waals surface area (Å²) in [7, 11) is 1.68. The summed E-state index contributed by atoms with van der Waals surface area (Å²) in [6.45, 7) is 10.6. The summed E-state index contributed by atoms with van der Waals surface area (Å²) in [5, 5.41) is 22.0. The van der Waals surface area contributed by atoms with Crippen molar-refractivity contribution in [2.75, 3.05) is 25.1 Å². The zero-order valence-corrected chi connectivity index (χ0v) is 25.9. The topological polar surface area (TPSA) is 171 Å². The second-order valence-electron chi connectivity index (χ2n) is 10.8. The molecule has 2 unspecified atom stereocenters. The number of carbonyl (C=O) groups is 3. The number of primary amides is 1. The number of likely N-dealkylation sites (N-methyl/N-ethyl adjacent to an activating group) is 1. The molecule has 224 valence electrons. The maximum absolute atomic E-state index is 12.8. The minimum Gasteiger partial charge on any atom is -0.462 e. The van der Waals surface area contributed by atoms with Crippen molar-refractivity contribution in [1.82, 2.24) is 10.3 Å². The number of rotatable bonds is 12. The van der Waals surface area contributed by atoms with Crippen LogP contribution in [0.5, 0.6) is 0 Å². The molecule has 0 aliphatic carbocycles. The normalized spacial score (nSPS) is 12.4. The van der Waals surface area contributed by atoms with E-state index < -0.39 is 34.9 Å². The molecule has 2 rings (SSSR count). The summed E-state index contributed by atoms with van der Waals surface area (Å²) in [4.78, 5) is 43.7. The van der Waals surface area contributed by atoms with Crippen LogP contribution in [0.4, 0.5) is 10.6 Å². The van der Waals surface area contributed by atoms with E-state index in [2.05, 4.69) is 22.4 Å². The van der Waals surface area contributed by atoms with Gasteiger partial charge in [0.05, 0.1) is 17.7 Å². The van der Waals surface area contributed by atoms with E-state index in [1.807, 2.05) is 13.0 Å². The number of nitrogens with two attached hydrogens (primary N) is 1. The summed E-state index contributed by atoms with van der Waals surface area (Å²) in [6.07, 6.45) is -0.353. The Bertz CT molecular complexity index is 1360. The number of nitriles is 2. The Morgan fingerprint density at radius 1 is 1.12 bits per heavy atom. The fourth-order valence-corrected chi connectivity index (χ4v) is 5.04. The molecular weight excluding hydrogens is 556 g/mol. The zero-order chi connectivity index (χ0) is 31.6. The molecule has 2 aromatic rings. The lowest BCUT2D eigenvalue weighted by molar-refractivity contribution is -0.147. The number of pyridine rings is 1. The first-order valence-electron chi connectivity index (χ1n) is 13.5. The number of esters is 1. The quantitative estimate of drug-likeness (QED) is 0.267. The number of alkyl carbamates (subject to hydrolysis) is 1. The highest BCUT2D eigenvalue weighted by Crippen LogP contribution is 2.39. The van der Waals surface area contributed by atoms with Gasteiger partial charge in [0.15, 0.2) is 0 Å². The first-order valence-corrected chi connectivity index (χ1v) is 14.4. The number of benzene rings is 1. The third-order valence-corrected chi connectivity index (χ3v) is 7.30. The number of aromatic nitrogens is 1. The van der Waals surface area contributed by atoms with Gasteiger partial charge in [0.2, 0.25) is 5.91 Å². The van der Waals surface area contributed by atoms with Gasteiger partial charge in [0.1, 0.15) is 46.5 Å². The molecule has 42 heavy (non-hydrogen) atoms. The average molecular weight is 595 g/mol. The van der Waals surface area contributed by atoms with Crippen molar-refractivity contribution in [3.63, 3.8) is 0 Å². The maximum Gasteiger partial charge on any atom is 0.408 e. The number of ether oxygens (including phenoxy) is 2. The second kappa shape index (κ2) is 15.1. The number of carbonyl (C=O) groups excluding carboxylic acids is 3. The van der Waals surface area contributed by atoms with Crippen molar-refractivity contribution in [1.29, 1.82) is 10.5 Å². The number of thioether (sulfide) groups is 1. The highest BCUT2D eigenvalue weighted by atomic mass is 32.2. The van der Waals surface area contributed by atoms with Crippen LogP contribution in [0.1, 0.15) is 69.0 Å². The van der Waals surface area contributed by atoms with Crippen LogP contribution in [0.2, 0.25) is 0 Å². The molecule has 1 heterocycles. The Morgan fingerprint density at radius 2 is 1.74 bits per heavy atom. The van der Waals surface area contributed by atoms with Gasteiger partial charge in [-0.25, -0.2) is 14.6 Å². The molecule has 3 N–H and O–H groups in total. The minimum atomic E-state index is -0.925. The van der Waals surface area contributed by atoms with Crippen molar-refractivity contribution in [2.45, 2.75) is 69.9 Å². The van der Waals surface area contributed by atoms with E-state index in [9.17, 15) is 24.9 Å². The molecule has 0 aliphatic rings. The Hall–Kier alpha value is -4.29. The molecule has 0 spiro atoms. The van der Waals surface area contributed by atoms with E-state index in [-0.39, 0.29) is 41.0 Å². The maximum atomic E-state index is 12.8. The van der Waals surface area contributed by atoms with Gasteiger partial charge in [-0.15, -0.1) is 0 Å². The summed E-state index contributed by atoms with van der Waals surface area (Å²) in [5.74, 6) is -1.21. The van der Waals surface area contributed by atoms with Crippen LogP contribution in [-0.4, -0.2) is 54.8 Å². The molecule has 2 atom stereocenters. The van der Waals surface area contributed by atoms with Gasteiger partial charge in [-0.2, -0.15) is 10.5 Å². The van der Waals surface area contributed by atoms with Crippen molar-refractivity contribution in [3.05, 3.63) is 52.6 Å². The first kappa shape index (κ1) is 33.9. The van der Waals surface area contributed by atoms with Gasteiger partial charge in [-0.1, -0.05) is 62.9 Å². The third kappa shape index (κ3) is 9.11. The standard InChI is InChI=1S/C30H38N6O5S/c1-8-20-21(16-31)26(35-27(22(20)17-32)42-24(25(33)37)19-12-10-9-11-13-19)36(7)14-15-40-28(38)23(18(2)3)34-29(39)41-30(4,5)6/h9-13,18,23-24H,8,14-15H2,1-7H3,(H2,33,37)(H,34,39). The molecule has 0 fully saturated rings. The largest absolute Gasteiger partial charge is 0.462 e. The van der Waals surface area contributed by atoms with Gasteiger partial charge >= 0.3 is 12.1 Å². The Balaban J connectivity index is 2.31. The van der Waals surface area contributed by atoms with Crippen molar-refractivity contribution in [3.8, 4) is 12.1 Å². The van der Waals surface area contributed by atoms with Crippen LogP contribution < -0.4 is 16.0 Å². The zero-order valence-electron chi connectivity index (χ0n) is 25.1. The van der Waals surface area contributed by atoms with Crippen LogP contribution >= 0.6 is 11.8 Å². The SMILES string of the molecule is CCc1c(C#N)c(SC(C(N)=O)c2ccccc2)nc(N(C)CCOC(=O)C(NC(=O)OC(C)(C)C)C(C)C)c1C#N. The van der Waals surface area contributed by atoms with Crippen molar-refractivity contribution >= 4 is 35.5 Å². The molecule has 0 aliphatic heterocycles. The van der Waals surface area contributed by atoms with Crippen LogP contribution in [-0.2, 0) is 25.5 Å². The molecule has 11 nitrogen and oxygen atoms in total. The molecule has 0 radical (unpaired) electrons. The molecule has 0 saturated heterocycles. The van der Waals surface area contributed by atoms with Crippen molar-refractivity contribution < 1.29 is 23.9 Å². The van der Waals surface area contributed by atoms with Crippen LogP contribution in [0, 0.1) is 28.6 Å². The lowest BCUT2D eigenvalue weighted by atomic mass is 10.0. The number of nitrogens with one attached hydrogen (secondary N) is 1. The minimum absolute atomic E-state index is 0.0705. The molecule has 2 amide bonds. The van der Waals surface area contributed by atoms with E-state index >= 15 is 0 Å². The highest BCUT2D eigenvalue weighted by Gasteiger charge is 2.29. The monoisotopic (exact) mass is 594 g/mol. The fourth-order valence-electron chi connectivity index (χ4n) is 3.99. The number of amides is 2. The smallest absolute Gasteiger partial charge is 0.408 e. The van der Waals surface area contributed by atoms with Gasteiger partial charge < -0.3 is 25.4 Å². The number of hydrogen-bond donors (Lipinski definition) is 2. The second-order valence-corrected chi connectivity index (χ2v) is 11.9. The van der Waals surface area contributed by atoms with E-state index in [4.69, 9.17) is 15.2 Å². The number of nitrogens with zero attached hydrogens (tertiary/aromatic N) is 4. The van der Waals surface area contributed by atoms with Gasteiger partial charge in [-0.05, 0) is 44.2 Å². The summed E-state index contributed by atoms with van der Waals surface area (Å²) >= 11 is 1.05. The Morgan fingerprint density at radius 3 is 2.24 bits per heavy atom. The van der Waals surface area contributed by atoms with Gasteiger partial charge in [0, 0.05) is 7.05 Å². The lowest BCUT2D eigenvalue weighted by Crippen LogP contribution is -2.47. The van der Waals surface area contributed by atoms with E-state index in [1.54, 1.807) is 70.8 Å². The highest BCUT2D eigenvalue weighted by molar-refractivity contribution is 8.00.